The van der Waals surface area contributed by atoms with Gasteiger partial charge in [-0.2, -0.15) is 0 Å². The molecule has 0 spiro atoms. The zero-order valence-electron chi connectivity index (χ0n) is 11.8. The number of ether oxygens (including phenoxy) is 2. The van der Waals surface area contributed by atoms with E-state index in [9.17, 15) is 5.11 Å². The number of rotatable bonds is 6. The third-order valence-electron chi connectivity index (χ3n) is 4.37. The summed E-state index contributed by atoms with van der Waals surface area (Å²) < 4.78 is 11.8. The monoisotopic (exact) mass is 257 g/mol. The Bertz CT molecular complexity index is 254. The molecule has 0 radical (unpaired) electrons. The lowest BCUT2D eigenvalue weighted by atomic mass is 9.95. The lowest BCUT2D eigenvalue weighted by Gasteiger charge is -2.37. The fraction of sp³-hybridized carbons (Fsp3) is 1.00. The van der Waals surface area contributed by atoms with E-state index in [1.807, 2.05) is 7.05 Å². The Morgan fingerprint density at radius 1 is 1.28 bits per heavy atom. The van der Waals surface area contributed by atoms with E-state index < -0.39 is 0 Å². The van der Waals surface area contributed by atoms with Gasteiger partial charge in [0, 0.05) is 0 Å². The molecule has 1 saturated heterocycles. The summed E-state index contributed by atoms with van der Waals surface area (Å²) in [5.41, 5.74) is -0.231. The number of likely N-dealkylation sites (N-methyl/N-ethyl adjacent to an activating group) is 1. The van der Waals surface area contributed by atoms with Crippen LogP contribution >= 0.6 is 0 Å². The molecule has 0 bridgehead atoms. The van der Waals surface area contributed by atoms with Crippen LogP contribution in [0.4, 0.5) is 0 Å². The highest BCUT2D eigenvalue weighted by Crippen LogP contribution is 2.40. The highest BCUT2D eigenvalue weighted by Gasteiger charge is 2.44. The van der Waals surface area contributed by atoms with Crippen molar-refractivity contribution >= 4 is 0 Å². The molecule has 1 saturated carbocycles. The number of hydrogen-bond acceptors (Lipinski definition) is 4. The summed E-state index contributed by atoms with van der Waals surface area (Å²) in [4.78, 5) is 0. The highest BCUT2D eigenvalue weighted by atomic mass is 16.5. The lowest BCUT2D eigenvalue weighted by molar-refractivity contribution is -0.115. The third-order valence-corrected chi connectivity index (χ3v) is 4.37. The molecule has 1 aliphatic carbocycles. The van der Waals surface area contributed by atoms with Crippen LogP contribution < -0.4 is 5.32 Å². The van der Waals surface area contributed by atoms with Gasteiger partial charge in [-0.05, 0) is 52.5 Å². The molecule has 0 aromatic heterocycles. The predicted octanol–water partition coefficient (Wildman–Crippen LogP) is 1.32. The van der Waals surface area contributed by atoms with Crippen LogP contribution in [0.3, 0.4) is 0 Å². The first-order chi connectivity index (χ1) is 8.59. The van der Waals surface area contributed by atoms with Crippen LogP contribution in [0, 0.1) is 5.92 Å². The molecule has 4 heteroatoms. The van der Waals surface area contributed by atoms with Crippen molar-refractivity contribution in [1.29, 1.82) is 0 Å². The maximum absolute atomic E-state index is 9.65. The number of hydrogen-bond donors (Lipinski definition) is 2. The summed E-state index contributed by atoms with van der Waals surface area (Å²) in [7, 11) is 1.92. The standard InChI is InChI=1S/C14H27NO3/c1-10-6-13(7-11(2)18-10)17-9-14(8-16,15-3)12-4-5-12/h10-13,15-16H,4-9H2,1-3H3. The molecule has 1 heterocycles. The molecule has 3 unspecified atom stereocenters. The first-order valence-corrected chi connectivity index (χ1v) is 7.16. The minimum Gasteiger partial charge on any atom is -0.394 e. The normalized spacial score (nSPS) is 36.3. The van der Waals surface area contributed by atoms with Crippen molar-refractivity contribution in [2.45, 2.75) is 63.4 Å². The van der Waals surface area contributed by atoms with E-state index in [1.165, 1.54) is 12.8 Å². The Morgan fingerprint density at radius 2 is 1.89 bits per heavy atom. The summed E-state index contributed by atoms with van der Waals surface area (Å²) in [6.07, 6.45) is 5.13. The average Bonchev–Trinajstić information content (AvgIpc) is 3.14. The number of nitrogens with one attached hydrogen (secondary N) is 1. The van der Waals surface area contributed by atoms with Gasteiger partial charge >= 0.3 is 0 Å². The van der Waals surface area contributed by atoms with Crippen LogP contribution in [0.25, 0.3) is 0 Å². The minimum absolute atomic E-state index is 0.155. The van der Waals surface area contributed by atoms with Gasteiger partial charge in [-0.3, -0.25) is 0 Å². The van der Waals surface area contributed by atoms with E-state index in [0.717, 1.165) is 12.8 Å². The van der Waals surface area contributed by atoms with Gasteiger partial charge in [0.2, 0.25) is 0 Å². The molecule has 2 aliphatic rings. The second-order valence-corrected chi connectivity index (χ2v) is 6.00. The van der Waals surface area contributed by atoms with Gasteiger partial charge in [0.25, 0.3) is 0 Å². The molecule has 0 amide bonds. The fourth-order valence-corrected chi connectivity index (χ4v) is 3.03. The van der Waals surface area contributed by atoms with Gasteiger partial charge < -0.3 is 19.9 Å². The first-order valence-electron chi connectivity index (χ1n) is 7.16. The topological polar surface area (TPSA) is 50.7 Å². The van der Waals surface area contributed by atoms with Crippen LogP contribution in [-0.2, 0) is 9.47 Å². The van der Waals surface area contributed by atoms with Crippen LogP contribution in [0.5, 0.6) is 0 Å². The van der Waals surface area contributed by atoms with Crippen molar-refractivity contribution in [2.24, 2.45) is 5.92 Å². The van der Waals surface area contributed by atoms with Crippen molar-refractivity contribution in [3.05, 3.63) is 0 Å². The van der Waals surface area contributed by atoms with E-state index in [-0.39, 0.29) is 30.5 Å². The molecule has 2 N–H and O–H groups in total. The third kappa shape index (κ3) is 3.23. The summed E-state index contributed by atoms with van der Waals surface area (Å²) in [5.74, 6) is 0.571. The summed E-state index contributed by atoms with van der Waals surface area (Å²) in [5, 5.41) is 12.9. The quantitative estimate of drug-likeness (QED) is 0.753. The van der Waals surface area contributed by atoms with Gasteiger partial charge in [-0.25, -0.2) is 0 Å². The maximum Gasteiger partial charge on any atom is 0.0677 e. The van der Waals surface area contributed by atoms with E-state index in [1.54, 1.807) is 0 Å². The molecule has 2 fully saturated rings. The number of aliphatic hydroxyl groups excluding tert-OH is 1. The molecule has 4 nitrogen and oxygen atoms in total. The Morgan fingerprint density at radius 3 is 2.33 bits per heavy atom. The van der Waals surface area contributed by atoms with Crippen molar-refractivity contribution in [3.8, 4) is 0 Å². The summed E-state index contributed by atoms with van der Waals surface area (Å²) in [6.45, 7) is 4.96. The molecular formula is C14H27NO3. The summed E-state index contributed by atoms with van der Waals surface area (Å²) >= 11 is 0. The van der Waals surface area contributed by atoms with Crippen molar-refractivity contribution < 1.29 is 14.6 Å². The average molecular weight is 257 g/mol. The largest absolute Gasteiger partial charge is 0.394 e. The fourth-order valence-electron chi connectivity index (χ4n) is 3.03. The van der Waals surface area contributed by atoms with Crippen LogP contribution in [0.2, 0.25) is 0 Å². The molecule has 106 valence electrons. The molecule has 2 rings (SSSR count). The molecule has 3 atom stereocenters. The van der Waals surface area contributed by atoms with Crippen molar-refractivity contribution in [1.82, 2.24) is 5.32 Å². The van der Waals surface area contributed by atoms with E-state index in [2.05, 4.69) is 19.2 Å². The Kier molecular flexibility index (Phi) is 4.64. The van der Waals surface area contributed by atoms with Gasteiger partial charge in [0.15, 0.2) is 0 Å². The SMILES string of the molecule is CNC(CO)(COC1CC(C)OC(C)C1)C1CC1. The Labute approximate surface area is 110 Å². The first kappa shape index (κ1) is 14.3. The zero-order chi connectivity index (χ0) is 13.2. The van der Waals surface area contributed by atoms with Crippen LogP contribution in [0.1, 0.15) is 39.5 Å². The minimum atomic E-state index is -0.231. The Hall–Kier alpha value is -0.160. The Balaban J connectivity index is 1.85. The van der Waals surface area contributed by atoms with Crippen LogP contribution in [-0.4, -0.2) is 49.2 Å². The molecule has 0 aromatic rings. The molecule has 0 aromatic carbocycles. The summed E-state index contributed by atoms with van der Waals surface area (Å²) in [6, 6.07) is 0. The van der Waals surface area contributed by atoms with Crippen molar-refractivity contribution in [2.75, 3.05) is 20.3 Å². The second kappa shape index (κ2) is 5.87. The predicted molar refractivity (Wildman–Crippen MR) is 70.6 cm³/mol. The van der Waals surface area contributed by atoms with E-state index >= 15 is 0 Å². The molecule has 18 heavy (non-hydrogen) atoms. The van der Waals surface area contributed by atoms with E-state index in [0.29, 0.717) is 12.5 Å². The lowest BCUT2D eigenvalue weighted by Crippen LogP contribution is -2.53. The number of aliphatic hydroxyl groups is 1. The molecular weight excluding hydrogens is 230 g/mol. The zero-order valence-corrected chi connectivity index (χ0v) is 11.8. The van der Waals surface area contributed by atoms with Crippen molar-refractivity contribution in [3.63, 3.8) is 0 Å². The van der Waals surface area contributed by atoms with E-state index in [4.69, 9.17) is 9.47 Å². The van der Waals surface area contributed by atoms with Gasteiger partial charge in [0.1, 0.15) is 0 Å². The van der Waals surface area contributed by atoms with Gasteiger partial charge in [0.05, 0.1) is 37.1 Å². The maximum atomic E-state index is 9.65. The molecule has 1 aliphatic heterocycles. The second-order valence-electron chi connectivity index (χ2n) is 6.00. The van der Waals surface area contributed by atoms with Gasteiger partial charge in [-0.15, -0.1) is 0 Å². The van der Waals surface area contributed by atoms with Crippen LogP contribution in [0.15, 0.2) is 0 Å². The highest BCUT2D eigenvalue weighted by molar-refractivity contribution is 5.00. The van der Waals surface area contributed by atoms with Gasteiger partial charge in [-0.1, -0.05) is 0 Å². The smallest absolute Gasteiger partial charge is 0.0677 e.